The van der Waals surface area contributed by atoms with Crippen LogP contribution in [0.5, 0.6) is 0 Å². The summed E-state index contributed by atoms with van der Waals surface area (Å²) in [6.07, 6.45) is 1.91. The molecule has 0 saturated heterocycles. The van der Waals surface area contributed by atoms with E-state index in [9.17, 15) is 4.39 Å². The van der Waals surface area contributed by atoms with Crippen molar-refractivity contribution < 1.29 is 4.39 Å². The molecule has 0 bridgehead atoms. The molecule has 72 valence electrons. The Labute approximate surface area is 78.8 Å². The van der Waals surface area contributed by atoms with Crippen LogP contribution in [0.3, 0.4) is 0 Å². The van der Waals surface area contributed by atoms with Gasteiger partial charge in [0.1, 0.15) is 5.82 Å². The van der Waals surface area contributed by atoms with E-state index in [0.29, 0.717) is 12.5 Å². The monoisotopic (exact) mass is 181 g/mol. The molecule has 1 aromatic rings. The maximum absolute atomic E-state index is 12.8. The highest BCUT2D eigenvalue weighted by Crippen LogP contribution is 2.12. The summed E-state index contributed by atoms with van der Waals surface area (Å²) in [6.45, 7) is 2.84. The van der Waals surface area contributed by atoms with Crippen molar-refractivity contribution in [3.63, 3.8) is 0 Å². The zero-order valence-electron chi connectivity index (χ0n) is 7.96. The Morgan fingerprint density at radius 3 is 2.85 bits per heavy atom. The Morgan fingerprint density at radius 1 is 1.46 bits per heavy atom. The summed E-state index contributed by atoms with van der Waals surface area (Å²) in [7, 11) is 0. The number of nitrogens with two attached hydrogens (primary N) is 1. The molecule has 2 heteroatoms. The topological polar surface area (TPSA) is 26.0 Å². The molecule has 1 nitrogen and oxygen atoms in total. The van der Waals surface area contributed by atoms with Crippen LogP contribution < -0.4 is 5.73 Å². The number of rotatable bonds is 4. The Kier molecular flexibility index (Phi) is 3.90. The first-order valence-corrected chi connectivity index (χ1v) is 4.67. The summed E-state index contributed by atoms with van der Waals surface area (Å²) in [6, 6.07) is 6.76. The minimum Gasteiger partial charge on any atom is -0.330 e. The van der Waals surface area contributed by atoms with Gasteiger partial charge in [-0.05, 0) is 43.0 Å². The largest absolute Gasteiger partial charge is 0.330 e. The molecule has 0 aliphatic heterocycles. The zero-order chi connectivity index (χ0) is 9.68. The predicted octanol–water partition coefficient (Wildman–Crippen LogP) is 2.35. The van der Waals surface area contributed by atoms with Crippen LogP contribution in [0.15, 0.2) is 24.3 Å². The normalized spacial score (nSPS) is 12.8. The number of hydrogen-bond donors (Lipinski definition) is 1. The van der Waals surface area contributed by atoms with Gasteiger partial charge in [0, 0.05) is 0 Å². The molecule has 1 rings (SSSR count). The molecule has 0 saturated carbocycles. The zero-order valence-corrected chi connectivity index (χ0v) is 7.96. The van der Waals surface area contributed by atoms with Gasteiger partial charge in [-0.15, -0.1) is 0 Å². The van der Waals surface area contributed by atoms with Gasteiger partial charge in [-0.1, -0.05) is 19.1 Å². The van der Waals surface area contributed by atoms with E-state index in [1.54, 1.807) is 12.1 Å². The van der Waals surface area contributed by atoms with Crippen molar-refractivity contribution in [3.8, 4) is 0 Å². The van der Waals surface area contributed by atoms with Crippen molar-refractivity contribution in [1.82, 2.24) is 0 Å². The molecule has 0 radical (unpaired) electrons. The standard InChI is InChI=1S/C11H16FN/c1-9(5-6-13)7-10-3-2-4-11(12)8-10/h2-4,8-9H,5-7,13H2,1H3. The quantitative estimate of drug-likeness (QED) is 0.758. The van der Waals surface area contributed by atoms with E-state index in [1.165, 1.54) is 6.07 Å². The van der Waals surface area contributed by atoms with E-state index in [4.69, 9.17) is 5.73 Å². The minimum atomic E-state index is -0.155. The molecule has 0 aliphatic carbocycles. The van der Waals surface area contributed by atoms with E-state index < -0.39 is 0 Å². The Balaban J connectivity index is 2.53. The van der Waals surface area contributed by atoms with E-state index in [-0.39, 0.29) is 5.82 Å². The molecule has 0 heterocycles. The summed E-state index contributed by atoms with van der Waals surface area (Å²) in [4.78, 5) is 0. The smallest absolute Gasteiger partial charge is 0.123 e. The molecular formula is C11H16FN. The maximum Gasteiger partial charge on any atom is 0.123 e. The predicted molar refractivity (Wildman–Crippen MR) is 52.9 cm³/mol. The lowest BCUT2D eigenvalue weighted by atomic mass is 9.98. The number of hydrogen-bond acceptors (Lipinski definition) is 1. The second-order valence-electron chi connectivity index (χ2n) is 3.52. The van der Waals surface area contributed by atoms with Crippen LogP contribution in [-0.4, -0.2) is 6.54 Å². The molecule has 0 aliphatic rings. The van der Waals surface area contributed by atoms with Gasteiger partial charge < -0.3 is 5.73 Å². The van der Waals surface area contributed by atoms with Gasteiger partial charge in [-0.2, -0.15) is 0 Å². The molecule has 1 aromatic carbocycles. The Bertz CT molecular complexity index is 260. The molecular weight excluding hydrogens is 165 g/mol. The third-order valence-electron chi connectivity index (χ3n) is 2.13. The second kappa shape index (κ2) is 4.97. The lowest BCUT2D eigenvalue weighted by Crippen LogP contribution is -2.08. The van der Waals surface area contributed by atoms with Gasteiger partial charge in [0.25, 0.3) is 0 Å². The van der Waals surface area contributed by atoms with Crippen LogP contribution in [0.1, 0.15) is 18.9 Å². The molecule has 0 aromatic heterocycles. The summed E-state index contributed by atoms with van der Waals surface area (Å²) < 4.78 is 12.8. The lowest BCUT2D eigenvalue weighted by molar-refractivity contribution is 0.535. The van der Waals surface area contributed by atoms with E-state index in [0.717, 1.165) is 18.4 Å². The van der Waals surface area contributed by atoms with Crippen molar-refractivity contribution in [2.45, 2.75) is 19.8 Å². The third-order valence-corrected chi connectivity index (χ3v) is 2.13. The van der Waals surface area contributed by atoms with Crippen molar-refractivity contribution in [2.75, 3.05) is 6.54 Å². The first kappa shape index (κ1) is 10.2. The van der Waals surface area contributed by atoms with E-state index >= 15 is 0 Å². The summed E-state index contributed by atoms with van der Waals surface area (Å²) in [5.41, 5.74) is 6.50. The molecule has 0 fully saturated rings. The summed E-state index contributed by atoms with van der Waals surface area (Å²) in [5, 5.41) is 0. The highest BCUT2D eigenvalue weighted by molar-refractivity contribution is 5.16. The van der Waals surface area contributed by atoms with Crippen molar-refractivity contribution in [3.05, 3.63) is 35.6 Å². The van der Waals surface area contributed by atoms with Crippen LogP contribution in [0, 0.1) is 11.7 Å². The Morgan fingerprint density at radius 2 is 2.23 bits per heavy atom. The van der Waals surface area contributed by atoms with E-state index in [2.05, 4.69) is 6.92 Å². The highest BCUT2D eigenvalue weighted by atomic mass is 19.1. The van der Waals surface area contributed by atoms with Gasteiger partial charge in [0.2, 0.25) is 0 Å². The molecule has 0 amide bonds. The van der Waals surface area contributed by atoms with Crippen LogP contribution >= 0.6 is 0 Å². The second-order valence-corrected chi connectivity index (χ2v) is 3.52. The average Bonchev–Trinajstić information content (AvgIpc) is 2.04. The fourth-order valence-electron chi connectivity index (χ4n) is 1.45. The van der Waals surface area contributed by atoms with Crippen molar-refractivity contribution in [1.29, 1.82) is 0 Å². The summed E-state index contributed by atoms with van der Waals surface area (Å²) >= 11 is 0. The fourth-order valence-corrected chi connectivity index (χ4v) is 1.45. The molecule has 13 heavy (non-hydrogen) atoms. The van der Waals surface area contributed by atoms with Crippen LogP contribution in [0.2, 0.25) is 0 Å². The summed E-state index contributed by atoms with van der Waals surface area (Å²) in [5.74, 6) is 0.379. The first-order valence-electron chi connectivity index (χ1n) is 4.67. The SMILES string of the molecule is CC(CCN)Cc1cccc(F)c1. The van der Waals surface area contributed by atoms with Gasteiger partial charge in [0.05, 0.1) is 0 Å². The van der Waals surface area contributed by atoms with Crippen molar-refractivity contribution >= 4 is 0 Å². The van der Waals surface area contributed by atoms with E-state index in [1.807, 2.05) is 6.07 Å². The Hall–Kier alpha value is -0.890. The average molecular weight is 181 g/mol. The lowest BCUT2D eigenvalue weighted by Gasteiger charge is -2.09. The number of benzene rings is 1. The minimum absolute atomic E-state index is 0.155. The highest BCUT2D eigenvalue weighted by Gasteiger charge is 2.02. The van der Waals surface area contributed by atoms with Gasteiger partial charge in [-0.25, -0.2) is 4.39 Å². The van der Waals surface area contributed by atoms with Crippen molar-refractivity contribution in [2.24, 2.45) is 11.7 Å². The van der Waals surface area contributed by atoms with Gasteiger partial charge >= 0.3 is 0 Å². The maximum atomic E-state index is 12.8. The number of halogens is 1. The molecule has 2 N–H and O–H groups in total. The molecule has 1 atom stereocenters. The van der Waals surface area contributed by atoms with Gasteiger partial charge in [0.15, 0.2) is 0 Å². The third kappa shape index (κ3) is 3.55. The molecule has 0 spiro atoms. The first-order chi connectivity index (χ1) is 6.22. The van der Waals surface area contributed by atoms with Crippen LogP contribution in [-0.2, 0) is 6.42 Å². The fraction of sp³-hybridized carbons (Fsp3) is 0.455. The molecule has 1 unspecified atom stereocenters. The van der Waals surface area contributed by atoms with Crippen LogP contribution in [0.4, 0.5) is 4.39 Å². The van der Waals surface area contributed by atoms with Gasteiger partial charge in [-0.3, -0.25) is 0 Å². The van der Waals surface area contributed by atoms with Crippen LogP contribution in [0.25, 0.3) is 0 Å².